The van der Waals surface area contributed by atoms with Crippen LogP contribution in [0.3, 0.4) is 0 Å². The first kappa shape index (κ1) is 26.7. The molecule has 0 aliphatic carbocycles. The van der Waals surface area contributed by atoms with Crippen molar-refractivity contribution in [2.24, 2.45) is 0 Å². The van der Waals surface area contributed by atoms with Crippen LogP contribution in [0.15, 0.2) is 151 Å². The first-order valence-electron chi connectivity index (χ1n) is 17.6. The summed E-state index contributed by atoms with van der Waals surface area (Å²) in [5.74, 6) is 0.222. The van der Waals surface area contributed by atoms with Crippen LogP contribution in [0.1, 0.15) is 29.5 Å². The second-order valence-electron chi connectivity index (χ2n) is 14.1. The van der Waals surface area contributed by atoms with Gasteiger partial charge in [0.25, 0.3) is 0 Å². The van der Waals surface area contributed by atoms with Gasteiger partial charge in [-0.05, 0) is 79.1 Å². The van der Waals surface area contributed by atoms with Crippen LogP contribution in [0.2, 0.25) is 0 Å². The van der Waals surface area contributed by atoms with E-state index >= 15 is 0 Å². The predicted octanol–water partition coefficient (Wildman–Crippen LogP) is 10.4. The first-order valence-corrected chi connectivity index (χ1v) is 17.6. The molecule has 2 atom stereocenters. The molecule has 0 fully saturated rings. The minimum Gasteiger partial charge on any atom is -0.456 e. The third-order valence-corrected chi connectivity index (χ3v) is 11.8. The van der Waals surface area contributed by atoms with Crippen LogP contribution in [0.25, 0.3) is 88.2 Å². The van der Waals surface area contributed by atoms with E-state index in [-0.39, 0.29) is 12.0 Å². The maximum atomic E-state index is 6.37. The molecule has 50 heavy (non-hydrogen) atoms. The molecular formula is C46H31N3O+2. The number of para-hydroxylation sites is 2. The maximum Gasteiger partial charge on any atom is 0.249 e. The highest BCUT2D eigenvalue weighted by Crippen LogP contribution is 2.49. The van der Waals surface area contributed by atoms with Crippen molar-refractivity contribution in [3.05, 3.63) is 157 Å². The van der Waals surface area contributed by atoms with Gasteiger partial charge < -0.3 is 8.82 Å². The Kier molecular flexibility index (Phi) is 5.04. The molecule has 0 amide bonds. The average Bonchev–Trinajstić information content (AvgIpc) is 3.82. The van der Waals surface area contributed by atoms with E-state index in [0.717, 1.165) is 40.5 Å². The Balaban J connectivity index is 1.18. The van der Waals surface area contributed by atoms with Gasteiger partial charge in [-0.2, -0.15) is 9.13 Å². The van der Waals surface area contributed by atoms with Gasteiger partial charge >= 0.3 is 0 Å². The number of hydrogen-bond donors (Lipinski definition) is 0. The van der Waals surface area contributed by atoms with Crippen LogP contribution in [0, 0.1) is 0 Å². The van der Waals surface area contributed by atoms with Crippen LogP contribution in [0.5, 0.6) is 0 Å². The maximum absolute atomic E-state index is 6.37. The fraction of sp³-hybridized carbons (Fsp3) is 0.0870. The lowest BCUT2D eigenvalue weighted by Crippen LogP contribution is -2.53. The molecule has 4 nitrogen and oxygen atoms in total. The number of rotatable bonds is 0. The summed E-state index contributed by atoms with van der Waals surface area (Å²) in [5, 5.41) is 7.40. The van der Waals surface area contributed by atoms with Gasteiger partial charge in [-0.25, -0.2) is 0 Å². The van der Waals surface area contributed by atoms with E-state index in [1.807, 2.05) is 6.07 Å². The Labute approximate surface area is 287 Å². The molecule has 5 aromatic heterocycles. The fourth-order valence-corrected chi connectivity index (χ4v) is 9.64. The lowest BCUT2D eigenvalue weighted by Gasteiger charge is -2.29. The average molecular weight is 642 g/mol. The van der Waals surface area contributed by atoms with Crippen LogP contribution in [-0.4, -0.2) is 4.40 Å². The van der Waals surface area contributed by atoms with E-state index in [1.165, 1.54) is 71.7 Å². The van der Waals surface area contributed by atoms with Gasteiger partial charge in [0.1, 0.15) is 11.2 Å². The van der Waals surface area contributed by atoms with E-state index in [2.05, 4.69) is 147 Å². The van der Waals surface area contributed by atoms with E-state index < -0.39 is 0 Å². The van der Waals surface area contributed by atoms with Gasteiger partial charge in [-0.15, -0.1) is 0 Å². The van der Waals surface area contributed by atoms with Gasteiger partial charge in [-0.1, -0.05) is 54.6 Å². The Bertz CT molecular complexity index is 3090. The second kappa shape index (κ2) is 9.46. The molecule has 0 saturated heterocycles. The van der Waals surface area contributed by atoms with Crippen LogP contribution in [-0.2, 0) is 6.42 Å². The highest BCUT2D eigenvalue weighted by molar-refractivity contribution is 6.26. The Morgan fingerprint density at radius 2 is 1.34 bits per heavy atom. The Morgan fingerprint density at radius 3 is 2.26 bits per heavy atom. The molecule has 0 N–H and O–H groups in total. The van der Waals surface area contributed by atoms with E-state index in [1.54, 1.807) is 0 Å². The highest BCUT2D eigenvalue weighted by Gasteiger charge is 2.47. The molecule has 2 aliphatic heterocycles. The summed E-state index contributed by atoms with van der Waals surface area (Å²) in [7, 11) is 0. The summed E-state index contributed by atoms with van der Waals surface area (Å²) < 4.78 is 13.7. The van der Waals surface area contributed by atoms with Crippen LogP contribution in [0.4, 0.5) is 0 Å². The standard InChI is InChI=1S/C46H31N3O/c1-27-45-33(20-19-28-11-2-3-12-29(28)39-16-6-8-21-47(27)39)34-24-41-35(23-36(34)40-17-7-9-22-48(40)45)31-14-10-15-32-37-26-44-38(25-42(37)49(41)46(31)32)30-13-4-5-18-43(30)50-44/h2-18,21-26,33,45H,1,19-20H2/q+2. The molecule has 10 aromatic rings. The quantitative estimate of drug-likeness (QED) is 0.151. The monoisotopic (exact) mass is 641 g/mol. The SMILES string of the molecule is C=C1C2C(CCc3ccccc3-c3cccc[n+]31)c1cc3c(cc1-c1cccc[n+]12)c1cccc2c4cc5oc6ccccc6c5cc4n3c12. The van der Waals surface area contributed by atoms with Gasteiger partial charge in [0, 0.05) is 62.1 Å². The molecule has 7 heterocycles. The summed E-state index contributed by atoms with van der Waals surface area (Å²) in [4.78, 5) is 0. The van der Waals surface area contributed by atoms with Crippen molar-refractivity contribution in [1.82, 2.24) is 4.40 Å². The Hall–Kier alpha value is -6.26. The largest absolute Gasteiger partial charge is 0.456 e. The predicted molar refractivity (Wildman–Crippen MR) is 202 cm³/mol. The normalized spacial score (nSPS) is 17.1. The summed E-state index contributed by atoms with van der Waals surface area (Å²) in [6.07, 6.45) is 6.46. The van der Waals surface area contributed by atoms with Gasteiger partial charge in [0.2, 0.25) is 23.1 Å². The number of pyridine rings is 2. The number of aryl methyl sites for hydroxylation is 1. The van der Waals surface area contributed by atoms with Gasteiger partial charge in [0.05, 0.1) is 28.0 Å². The topological polar surface area (TPSA) is 25.3 Å². The number of nitrogens with zero attached hydrogens (tertiary/aromatic N) is 3. The highest BCUT2D eigenvalue weighted by atomic mass is 16.3. The molecular weight excluding hydrogens is 611 g/mol. The zero-order chi connectivity index (χ0) is 32.7. The number of benzene rings is 5. The van der Waals surface area contributed by atoms with Crippen molar-refractivity contribution >= 4 is 65.7 Å². The summed E-state index contributed by atoms with van der Waals surface area (Å²) >= 11 is 0. The number of fused-ring (bicyclic) bond motifs is 18. The number of hydrogen-bond acceptors (Lipinski definition) is 1. The zero-order valence-corrected chi connectivity index (χ0v) is 27.3. The van der Waals surface area contributed by atoms with Crippen molar-refractivity contribution < 1.29 is 13.6 Å². The van der Waals surface area contributed by atoms with Crippen molar-refractivity contribution in [2.45, 2.75) is 24.8 Å². The Morgan fingerprint density at radius 1 is 0.600 bits per heavy atom. The van der Waals surface area contributed by atoms with Crippen molar-refractivity contribution in [2.75, 3.05) is 0 Å². The van der Waals surface area contributed by atoms with Crippen LogP contribution < -0.4 is 9.13 Å². The zero-order valence-electron chi connectivity index (χ0n) is 27.3. The molecule has 0 saturated carbocycles. The van der Waals surface area contributed by atoms with E-state index in [4.69, 9.17) is 11.0 Å². The summed E-state index contributed by atoms with van der Waals surface area (Å²) in [6, 6.07) is 46.9. The molecule has 2 aliphatic rings. The van der Waals surface area contributed by atoms with Gasteiger partial charge in [0.15, 0.2) is 12.4 Å². The summed E-state index contributed by atoms with van der Waals surface area (Å²) in [6.45, 7) is 4.87. The minimum absolute atomic E-state index is 0.0549. The molecule has 5 aromatic carbocycles. The van der Waals surface area contributed by atoms with Crippen molar-refractivity contribution in [3.63, 3.8) is 0 Å². The van der Waals surface area contributed by atoms with Crippen molar-refractivity contribution in [1.29, 1.82) is 0 Å². The lowest BCUT2D eigenvalue weighted by atomic mass is 9.78. The third-order valence-electron chi connectivity index (χ3n) is 11.8. The third kappa shape index (κ3) is 3.31. The molecule has 12 rings (SSSR count). The smallest absolute Gasteiger partial charge is 0.249 e. The second-order valence-corrected chi connectivity index (χ2v) is 14.1. The molecule has 234 valence electrons. The lowest BCUT2D eigenvalue weighted by molar-refractivity contribution is -0.727. The number of allylic oxidation sites excluding steroid dienone is 1. The van der Waals surface area contributed by atoms with E-state index in [9.17, 15) is 0 Å². The minimum atomic E-state index is 0.0549. The van der Waals surface area contributed by atoms with Gasteiger partial charge in [-0.3, -0.25) is 0 Å². The van der Waals surface area contributed by atoms with E-state index in [0.29, 0.717) is 0 Å². The number of furan rings is 1. The molecule has 2 unspecified atom stereocenters. The molecule has 4 heteroatoms. The summed E-state index contributed by atoms with van der Waals surface area (Å²) in [5.41, 5.74) is 14.6. The molecule has 0 bridgehead atoms. The molecule has 0 radical (unpaired) electrons. The fourth-order valence-electron chi connectivity index (χ4n) is 9.64. The first-order chi connectivity index (χ1) is 24.7. The van der Waals surface area contributed by atoms with Crippen molar-refractivity contribution in [3.8, 4) is 22.5 Å². The number of aromatic nitrogens is 3. The molecule has 0 spiro atoms. The van der Waals surface area contributed by atoms with Crippen LogP contribution >= 0.6 is 0 Å².